The van der Waals surface area contributed by atoms with Crippen molar-refractivity contribution in [1.82, 2.24) is 0 Å². The van der Waals surface area contributed by atoms with Crippen molar-refractivity contribution in [2.24, 2.45) is 0 Å². The quantitative estimate of drug-likeness (QED) is 0.782. The van der Waals surface area contributed by atoms with Crippen LogP contribution in [0.4, 0.5) is 4.39 Å². The summed E-state index contributed by atoms with van der Waals surface area (Å²) in [6, 6.07) is 4.40. The number of carbonyl (C=O) groups excluding carboxylic acids is 1. The second kappa shape index (κ2) is 4.19. The van der Waals surface area contributed by atoms with Gasteiger partial charge in [0.15, 0.2) is 6.29 Å². The van der Waals surface area contributed by atoms with E-state index in [4.69, 9.17) is 4.74 Å². The zero-order valence-electron chi connectivity index (χ0n) is 7.88. The summed E-state index contributed by atoms with van der Waals surface area (Å²) in [5, 5.41) is 0. The Morgan fingerprint density at radius 3 is 2.71 bits per heavy atom. The van der Waals surface area contributed by atoms with Gasteiger partial charge in [0.2, 0.25) is 0 Å². The van der Waals surface area contributed by atoms with Crippen LogP contribution in [0, 0.1) is 5.82 Å². The lowest BCUT2D eigenvalue weighted by Gasteiger charge is -2.22. The largest absolute Gasteiger partial charge is 0.366 e. The predicted octanol–water partition coefficient (Wildman–Crippen LogP) is 2.65. The first-order chi connectivity index (χ1) is 6.53. The van der Waals surface area contributed by atoms with Gasteiger partial charge in [0.05, 0.1) is 0 Å². The molecule has 1 unspecified atom stereocenters. The molecule has 1 aromatic rings. The molecule has 14 heavy (non-hydrogen) atoms. The second-order valence-electron chi connectivity index (χ2n) is 3.05. The van der Waals surface area contributed by atoms with Crippen LogP contribution in [0.3, 0.4) is 0 Å². The molecule has 0 spiro atoms. The molecule has 0 fully saturated rings. The maximum Gasteiger partial charge on any atom is 0.156 e. The summed E-state index contributed by atoms with van der Waals surface area (Å²) in [6.45, 7) is 1.52. The van der Waals surface area contributed by atoms with E-state index >= 15 is 0 Å². The average molecular weight is 261 g/mol. The first-order valence-electron chi connectivity index (χ1n) is 4.00. The predicted molar refractivity (Wildman–Crippen MR) is 54.5 cm³/mol. The molecule has 2 nitrogen and oxygen atoms in total. The highest BCUT2D eigenvalue weighted by molar-refractivity contribution is 9.10. The Labute approximate surface area is 90.2 Å². The summed E-state index contributed by atoms with van der Waals surface area (Å²) in [5.41, 5.74) is -1.00. The van der Waals surface area contributed by atoms with E-state index in [0.717, 1.165) is 0 Å². The molecule has 0 N–H and O–H groups in total. The van der Waals surface area contributed by atoms with Crippen molar-refractivity contribution in [2.75, 3.05) is 7.11 Å². The molecule has 1 aromatic carbocycles. The highest BCUT2D eigenvalue weighted by Crippen LogP contribution is 2.27. The molecule has 0 amide bonds. The molecule has 1 rings (SSSR count). The second-order valence-corrected chi connectivity index (χ2v) is 3.97. The Kier molecular flexibility index (Phi) is 3.39. The van der Waals surface area contributed by atoms with Crippen LogP contribution in [0.15, 0.2) is 22.7 Å². The van der Waals surface area contributed by atoms with E-state index in [9.17, 15) is 9.18 Å². The SMILES string of the molecule is COC(C)(C=O)c1cc(Br)ccc1F. The van der Waals surface area contributed by atoms with Gasteiger partial charge in [-0.2, -0.15) is 0 Å². The third-order valence-electron chi connectivity index (χ3n) is 2.11. The summed E-state index contributed by atoms with van der Waals surface area (Å²) in [5.74, 6) is -0.454. The fraction of sp³-hybridized carbons (Fsp3) is 0.300. The van der Waals surface area contributed by atoms with E-state index in [2.05, 4.69) is 15.9 Å². The molecule has 0 aliphatic rings. The van der Waals surface area contributed by atoms with Gasteiger partial charge in [-0.15, -0.1) is 0 Å². The van der Waals surface area contributed by atoms with Gasteiger partial charge in [0.1, 0.15) is 11.4 Å². The molecule has 0 radical (unpaired) electrons. The van der Waals surface area contributed by atoms with E-state index in [1.54, 1.807) is 6.07 Å². The van der Waals surface area contributed by atoms with Gasteiger partial charge in [0.25, 0.3) is 0 Å². The highest BCUT2D eigenvalue weighted by atomic mass is 79.9. The summed E-state index contributed by atoms with van der Waals surface area (Å²) >= 11 is 3.21. The van der Waals surface area contributed by atoms with Gasteiger partial charge < -0.3 is 4.74 Å². The number of carbonyl (C=O) groups is 1. The normalized spacial score (nSPS) is 14.9. The lowest BCUT2D eigenvalue weighted by atomic mass is 9.97. The molecule has 76 valence electrons. The Bertz CT molecular complexity index is 354. The van der Waals surface area contributed by atoms with Crippen LogP contribution in [-0.2, 0) is 15.1 Å². The van der Waals surface area contributed by atoms with Gasteiger partial charge in [-0.05, 0) is 25.1 Å². The van der Waals surface area contributed by atoms with E-state index in [0.29, 0.717) is 10.8 Å². The number of benzene rings is 1. The number of hydrogen-bond donors (Lipinski definition) is 0. The summed E-state index contributed by atoms with van der Waals surface area (Å²) in [7, 11) is 1.37. The molecule has 4 heteroatoms. The van der Waals surface area contributed by atoms with E-state index < -0.39 is 11.4 Å². The smallest absolute Gasteiger partial charge is 0.156 e. The summed E-state index contributed by atoms with van der Waals surface area (Å²) in [6.07, 6.45) is 0.581. The zero-order chi connectivity index (χ0) is 10.8. The molecule has 0 heterocycles. The lowest BCUT2D eigenvalue weighted by molar-refractivity contribution is -0.126. The summed E-state index contributed by atoms with van der Waals surface area (Å²) in [4.78, 5) is 10.8. The molecule has 0 aromatic heterocycles. The number of halogens is 2. The van der Waals surface area contributed by atoms with Crippen LogP contribution in [0.25, 0.3) is 0 Å². The Hall–Kier alpha value is -0.740. The molecular formula is C10H10BrFO2. The van der Waals surface area contributed by atoms with Crippen molar-refractivity contribution in [3.8, 4) is 0 Å². The fourth-order valence-electron chi connectivity index (χ4n) is 1.10. The molecule has 0 saturated carbocycles. The molecule has 1 atom stereocenters. The average Bonchev–Trinajstić information content (AvgIpc) is 2.20. The Morgan fingerprint density at radius 1 is 1.57 bits per heavy atom. The van der Waals surface area contributed by atoms with Gasteiger partial charge in [0, 0.05) is 17.1 Å². The molecule has 0 bridgehead atoms. The maximum atomic E-state index is 13.4. The zero-order valence-corrected chi connectivity index (χ0v) is 9.47. The monoisotopic (exact) mass is 260 g/mol. The van der Waals surface area contributed by atoms with Crippen molar-refractivity contribution < 1.29 is 13.9 Å². The number of rotatable bonds is 3. The number of ether oxygens (including phenoxy) is 1. The van der Waals surface area contributed by atoms with Gasteiger partial charge in [-0.1, -0.05) is 15.9 Å². The minimum Gasteiger partial charge on any atom is -0.366 e. The highest BCUT2D eigenvalue weighted by Gasteiger charge is 2.28. The van der Waals surface area contributed by atoms with Crippen molar-refractivity contribution >= 4 is 22.2 Å². The van der Waals surface area contributed by atoms with Crippen LogP contribution < -0.4 is 0 Å². The van der Waals surface area contributed by atoms with Crippen LogP contribution in [0.2, 0.25) is 0 Å². The lowest BCUT2D eigenvalue weighted by Crippen LogP contribution is -2.27. The minimum absolute atomic E-state index is 0.226. The van der Waals surface area contributed by atoms with Crippen molar-refractivity contribution in [1.29, 1.82) is 0 Å². The molecule has 0 saturated heterocycles. The molecule has 0 aliphatic heterocycles. The number of methoxy groups -OCH3 is 1. The first-order valence-corrected chi connectivity index (χ1v) is 4.80. The number of hydrogen-bond acceptors (Lipinski definition) is 2. The third kappa shape index (κ3) is 2.01. The van der Waals surface area contributed by atoms with Crippen molar-refractivity contribution in [3.63, 3.8) is 0 Å². The topological polar surface area (TPSA) is 26.3 Å². The summed E-state index contributed by atoms with van der Waals surface area (Å²) < 4.78 is 19.1. The Balaban J connectivity index is 3.29. The minimum atomic E-state index is -1.23. The molecular weight excluding hydrogens is 251 g/mol. The van der Waals surface area contributed by atoms with Crippen LogP contribution >= 0.6 is 15.9 Å². The number of aldehydes is 1. The fourth-order valence-corrected chi connectivity index (χ4v) is 1.46. The molecule has 0 aliphatic carbocycles. The van der Waals surface area contributed by atoms with Gasteiger partial charge >= 0.3 is 0 Å². The van der Waals surface area contributed by atoms with Crippen LogP contribution in [0.1, 0.15) is 12.5 Å². The van der Waals surface area contributed by atoms with E-state index in [-0.39, 0.29) is 5.56 Å². The van der Waals surface area contributed by atoms with Crippen LogP contribution in [0.5, 0.6) is 0 Å². The maximum absolute atomic E-state index is 13.4. The van der Waals surface area contributed by atoms with E-state index in [1.807, 2.05) is 0 Å². The first kappa shape index (κ1) is 11.3. The standard InChI is InChI=1S/C10H10BrFO2/c1-10(6-13,14-2)8-5-7(11)3-4-9(8)12/h3-6H,1-2H3. The van der Waals surface area contributed by atoms with E-state index in [1.165, 1.54) is 26.2 Å². The van der Waals surface area contributed by atoms with Gasteiger partial charge in [-0.25, -0.2) is 4.39 Å². The van der Waals surface area contributed by atoms with Crippen molar-refractivity contribution in [2.45, 2.75) is 12.5 Å². The Morgan fingerprint density at radius 2 is 2.21 bits per heavy atom. The van der Waals surface area contributed by atoms with Gasteiger partial charge in [-0.3, -0.25) is 4.79 Å². The van der Waals surface area contributed by atoms with Crippen LogP contribution in [-0.4, -0.2) is 13.4 Å². The third-order valence-corrected chi connectivity index (χ3v) is 2.61. The van der Waals surface area contributed by atoms with Crippen molar-refractivity contribution in [3.05, 3.63) is 34.1 Å².